The molecule has 1 heterocycles. The van der Waals surface area contributed by atoms with Gasteiger partial charge in [-0.15, -0.1) is 11.8 Å². The van der Waals surface area contributed by atoms with Gasteiger partial charge in [0.1, 0.15) is 5.75 Å². The lowest BCUT2D eigenvalue weighted by atomic mass is 10.1. The van der Waals surface area contributed by atoms with Crippen LogP contribution in [0.15, 0.2) is 47.6 Å². The third kappa shape index (κ3) is 2.13. The minimum Gasteiger partial charge on any atom is -0.506 e. The molecule has 0 saturated heterocycles. The Morgan fingerprint density at radius 1 is 1.20 bits per heavy atom. The lowest BCUT2D eigenvalue weighted by molar-refractivity contribution is 0.473. The molecule has 0 bridgehead atoms. The molecule has 0 aliphatic carbocycles. The van der Waals surface area contributed by atoms with Crippen LogP contribution in [0, 0.1) is 0 Å². The quantitative estimate of drug-likeness (QED) is 0.784. The molecule has 0 atom stereocenters. The first-order valence-corrected chi connectivity index (χ1v) is 5.81. The zero-order valence-corrected chi connectivity index (χ0v) is 9.16. The van der Waals surface area contributed by atoms with Crippen LogP contribution >= 0.6 is 11.8 Å². The van der Waals surface area contributed by atoms with Crippen molar-refractivity contribution in [1.29, 1.82) is 0 Å². The fourth-order valence-electron chi connectivity index (χ4n) is 1.46. The highest BCUT2D eigenvalue weighted by molar-refractivity contribution is 7.98. The number of thioether (sulfide) groups is 1. The van der Waals surface area contributed by atoms with Crippen molar-refractivity contribution in [2.24, 2.45) is 0 Å². The lowest BCUT2D eigenvalue weighted by Gasteiger charge is -2.06. The molecule has 0 unspecified atom stereocenters. The first kappa shape index (κ1) is 10.1. The molecular weight excluding hydrogens is 206 g/mol. The second-order valence-electron chi connectivity index (χ2n) is 3.13. The summed E-state index contributed by atoms with van der Waals surface area (Å²) in [6.07, 6.45) is 5.23. The average Bonchev–Trinajstić information content (AvgIpc) is 2.29. The van der Waals surface area contributed by atoms with E-state index in [0.29, 0.717) is 0 Å². The van der Waals surface area contributed by atoms with E-state index in [1.165, 1.54) is 11.1 Å². The molecule has 1 N–H and O–H groups in total. The van der Waals surface area contributed by atoms with Gasteiger partial charge in [0.25, 0.3) is 0 Å². The summed E-state index contributed by atoms with van der Waals surface area (Å²) in [6, 6.07) is 9.80. The molecule has 0 radical (unpaired) electrons. The van der Waals surface area contributed by atoms with Gasteiger partial charge >= 0.3 is 0 Å². The Balaban J connectivity index is 2.53. The zero-order chi connectivity index (χ0) is 10.7. The Kier molecular flexibility index (Phi) is 2.92. The number of rotatable bonds is 2. The van der Waals surface area contributed by atoms with Gasteiger partial charge in [0.15, 0.2) is 0 Å². The number of aromatic nitrogens is 1. The molecule has 2 rings (SSSR count). The van der Waals surface area contributed by atoms with Gasteiger partial charge in [-0.25, -0.2) is 0 Å². The van der Waals surface area contributed by atoms with Crippen molar-refractivity contribution in [2.75, 3.05) is 6.26 Å². The normalized spacial score (nSPS) is 10.2. The minimum atomic E-state index is 0.198. The lowest BCUT2D eigenvalue weighted by Crippen LogP contribution is -1.82. The van der Waals surface area contributed by atoms with Crippen LogP contribution in [0.25, 0.3) is 11.1 Å². The van der Waals surface area contributed by atoms with Crippen molar-refractivity contribution >= 4 is 11.8 Å². The summed E-state index contributed by atoms with van der Waals surface area (Å²) in [6.45, 7) is 0. The van der Waals surface area contributed by atoms with Gasteiger partial charge in [0.05, 0.1) is 6.20 Å². The predicted molar refractivity (Wildman–Crippen MR) is 63.1 cm³/mol. The van der Waals surface area contributed by atoms with Crippen molar-refractivity contribution in [2.45, 2.75) is 4.90 Å². The van der Waals surface area contributed by atoms with E-state index >= 15 is 0 Å². The van der Waals surface area contributed by atoms with Crippen LogP contribution in [0.3, 0.4) is 0 Å². The molecule has 0 aliphatic rings. The van der Waals surface area contributed by atoms with Crippen molar-refractivity contribution in [3.63, 3.8) is 0 Å². The highest BCUT2D eigenvalue weighted by Gasteiger charge is 2.04. The van der Waals surface area contributed by atoms with Crippen LogP contribution in [0.5, 0.6) is 5.75 Å². The summed E-state index contributed by atoms with van der Waals surface area (Å²) in [5.41, 5.74) is 2.05. The summed E-state index contributed by atoms with van der Waals surface area (Å²) in [5.74, 6) is 0.198. The fraction of sp³-hybridized carbons (Fsp3) is 0.0833. The van der Waals surface area contributed by atoms with E-state index < -0.39 is 0 Å². The minimum absolute atomic E-state index is 0.198. The van der Waals surface area contributed by atoms with Crippen LogP contribution in [0.2, 0.25) is 0 Å². The van der Waals surface area contributed by atoms with Gasteiger partial charge in [-0.3, -0.25) is 4.98 Å². The maximum atomic E-state index is 9.37. The van der Waals surface area contributed by atoms with E-state index in [-0.39, 0.29) is 5.75 Å². The molecule has 2 aromatic rings. The van der Waals surface area contributed by atoms with E-state index in [1.54, 1.807) is 24.0 Å². The van der Waals surface area contributed by atoms with Crippen molar-refractivity contribution in [3.05, 3.63) is 42.7 Å². The standard InChI is InChI=1S/C12H11NOS/c1-15-12-5-3-2-4-11(12)9-6-10(14)8-13-7-9/h2-8,14H,1H3. The molecule has 2 nitrogen and oxygen atoms in total. The number of hydrogen-bond donors (Lipinski definition) is 1. The SMILES string of the molecule is CSc1ccccc1-c1cncc(O)c1. The number of benzene rings is 1. The Morgan fingerprint density at radius 2 is 2.00 bits per heavy atom. The molecule has 1 aromatic heterocycles. The average molecular weight is 217 g/mol. The fourth-order valence-corrected chi connectivity index (χ4v) is 2.08. The summed E-state index contributed by atoms with van der Waals surface area (Å²) in [4.78, 5) is 5.16. The first-order chi connectivity index (χ1) is 7.31. The maximum absolute atomic E-state index is 9.37. The van der Waals surface area contributed by atoms with E-state index in [0.717, 1.165) is 11.1 Å². The topological polar surface area (TPSA) is 33.1 Å². The van der Waals surface area contributed by atoms with E-state index in [9.17, 15) is 5.11 Å². The monoisotopic (exact) mass is 217 g/mol. The van der Waals surface area contributed by atoms with Crippen LogP contribution in [0.4, 0.5) is 0 Å². The largest absolute Gasteiger partial charge is 0.506 e. The summed E-state index contributed by atoms with van der Waals surface area (Å²) in [5, 5.41) is 9.37. The Hall–Kier alpha value is -1.48. The summed E-state index contributed by atoms with van der Waals surface area (Å²) in [7, 11) is 0. The van der Waals surface area contributed by atoms with Gasteiger partial charge in [0.2, 0.25) is 0 Å². The summed E-state index contributed by atoms with van der Waals surface area (Å²) >= 11 is 1.69. The molecule has 0 saturated carbocycles. The Morgan fingerprint density at radius 3 is 2.73 bits per heavy atom. The molecule has 76 valence electrons. The second kappa shape index (κ2) is 4.36. The molecule has 3 heteroatoms. The number of aromatic hydroxyl groups is 1. The van der Waals surface area contributed by atoms with Gasteiger partial charge in [-0.2, -0.15) is 0 Å². The Labute approximate surface area is 93.0 Å². The van der Waals surface area contributed by atoms with Gasteiger partial charge in [-0.1, -0.05) is 18.2 Å². The van der Waals surface area contributed by atoms with Crippen LogP contribution in [-0.4, -0.2) is 16.3 Å². The van der Waals surface area contributed by atoms with Crippen molar-refractivity contribution in [3.8, 4) is 16.9 Å². The molecule has 15 heavy (non-hydrogen) atoms. The number of pyridine rings is 1. The van der Waals surface area contributed by atoms with Crippen LogP contribution in [-0.2, 0) is 0 Å². The molecular formula is C12H11NOS. The molecule has 0 spiro atoms. The zero-order valence-electron chi connectivity index (χ0n) is 8.34. The molecule has 1 aromatic carbocycles. The van der Waals surface area contributed by atoms with E-state index in [2.05, 4.69) is 11.1 Å². The second-order valence-corrected chi connectivity index (χ2v) is 3.98. The third-order valence-electron chi connectivity index (χ3n) is 2.14. The van der Waals surface area contributed by atoms with Crippen LogP contribution < -0.4 is 0 Å². The highest BCUT2D eigenvalue weighted by Crippen LogP contribution is 2.30. The Bertz CT molecular complexity index is 471. The van der Waals surface area contributed by atoms with Crippen molar-refractivity contribution < 1.29 is 5.11 Å². The molecule has 0 aliphatic heterocycles. The van der Waals surface area contributed by atoms with Crippen molar-refractivity contribution in [1.82, 2.24) is 4.98 Å². The van der Waals surface area contributed by atoms with Gasteiger partial charge in [0, 0.05) is 16.7 Å². The first-order valence-electron chi connectivity index (χ1n) is 4.58. The third-order valence-corrected chi connectivity index (χ3v) is 2.94. The van der Waals surface area contributed by atoms with Crippen LogP contribution in [0.1, 0.15) is 0 Å². The molecule has 0 amide bonds. The predicted octanol–water partition coefficient (Wildman–Crippen LogP) is 3.18. The maximum Gasteiger partial charge on any atom is 0.134 e. The number of hydrogen-bond acceptors (Lipinski definition) is 3. The summed E-state index contributed by atoms with van der Waals surface area (Å²) < 4.78 is 0. The van der Waals surface area contributed by atoms with Gasteiger partial charge < -0.3 is 5.11 Å². The number of nitrogens with zero attached hydrogens (tertiary/aromatic N) is 1. The highest BCUT2D eigenvalue weighted by atomic mass is 32.2. The van der Waals surface area contributed by atoms with E-state index in [4.69, 9.17) is 0 Å². The van der Waals surface area contributed by atoms with Gasteiger partial charge in [-0.05, 0) is 24.0 Å². The molecule has 0 fully saturated rings. The van der Waals surface area contributed by atoms with E-state index in [1.807, 2.05) is 24.5 Å². The smallest absolute Gasteiger partial charge is 0.134 e.